The molecule has 7 heteroatoms. The first-order valence-electron chi connectivity index (χ1n) is 7.91. The third-order valence-electron chi connectivity index (χ3n) is 4.34. The van der Waals surface area contributed by atoms with Gasteiger partial charge in [0.15, 0.2) is 6.20 Å². The summed E-state index contributed by atoms with van der Waals surface area (Å²) >= 11 is 0. The maximum Gasteiger partial charge on any atom is 0.257 e. The molecule has 0 atom stereocenters. The van der Waals surface area contributed by atoms with Crippen molar-refractivity contribution in [3.05, 3.63) is 29.6 Å². The third-order valence-corrected chi connectivity index (χ3v) is 4.34. The molecule has 2 heterocycles. The van der Waals surface area contributed by atoms with E-state index < -0.39 is 0 Å². The summed E-state index contributed by atoms with van der Waals surface area (Å²) in [6.45, 7) is 5.43. The van der Waals surface area contributed by atoms with Crippen molar-refractivity contribution < 1.29 is 23.8 Å². The van der Waals surface area contributed by atoms with E-state index in [2.05, 4.69) is 17.5 Å². The zero-order chi connectivity index (χ0) is 16.7. The lowest BCUT2D eigenvalue weighted by atomic mass is 10.2. The van der Waals surface area contributed by atoms with Crippen LogP contribution in [0.4, 0.5) is 0 Å². The molecule has 1 aliphatic heterocycles. The average Bonchev–Trinajstić information content (AvgIpc) is 2.54. The van der Waals surface area contributed by atoms with Crippen molar-refractivity contribution in [3.8, 4) is 0 Å². The van der Waals surface area contributed by atoms with Gasteiger partial charge < -0.3 is 19.7 Å². The van der Waals surface area contributed by atoms with Gasteiger partial charge in [-0.25, -0.2) is 0 Å². The Kier molecular flexibility index (Phi) is 6.06. The number of rotatable bonds is 6. The summed E-state index contributed by atoms with van der Waals surface area (Å²) < 4.78 is 8.15. The van der Waals surface area contributed by atoms with E-state index in [-0.39, 0.29) is 5.91 Å². The first-order chi connectivity index (χ1) is 11.0. The summed E-state index contributed by atoms with van der Waals surface area (Å²) in [5, 5.41) is 14.5. The van der Waals surface area contributed by atoms with Crippen LogP contribution < -0.4 is 9.88 Å². The van der Waals surface area contributed by atoms with Gasteiger partial charge in [-0.3, -0.25) is 4.79 Å². The zero-order valence-electron chi connectivity index (χ0n) is 13.9. The van der Waals surface area contributed by atoms with Crippen LogP contribution in [0, 0.1) is 0 Å². The number of likely N-dealkylation sites (N-methyl/N-ethyl adjacent to an activating group) is 1. The fraction of sp³-hybridized carbons (Fsp3) is 0.562. The molecule has 0 radical (unpaired) electrons. The molecule has 2 N–H and O–H groups in total. The molecule has 1 aliphatic rings. The summed E-state index contributed by atoms with van der Waals surface area (Å²) in [4.78, 5) is 12.2. The number of aryl methyl sites for hydroxylation is 1. The van der Waals surface area contributed by atoms with Crippen LogP contribution in [0.25, 0.3) is 0 Å². The Morgan fingerprint density at radius 3 is 2.87 bits per heavy atom. The van der Waals surface area contributed by atoms with Crippen molar-refractivity contribution in [3.63, 3.8) is 0 Å². The number of ether oxygens (including phenoxy) is 1. The molecular formula is C16H26N4O3+2. The summed E-state index contributed by atoms with van der Waals surface area (Å²) in [5.41, 5.74) is 1.31. The third kappa shape index (κ3) is 5.01. The fourth-order valence-electron chi connectivity index (χ4n) is 2.72. The summed E-state index contributed by atoms with van der Waals surface area (Å²) in [7, 11) is 4.04. The predicted octanol–water partition coefficient (Wildman–Crippen LogP) is -0.0841. The smallest absolute Gasteiger partial charge is 0.257 e. The van der Waals surface area contributed by atoms with Crippen molar-refractivity contribution >= 4 is 12.1 Å². The summed E-state index contributed by atoms with van der Waals surface area (Å²) in [6, 6.07) is 3.47. The number of pyridine rings is 1. The van der Waals surface area contributed by atoms with Gasteiger partial charge in [0.05, 0.1) is 26.8 Å². The minimum atomic E-state index is -0.0854. The monoisotopic (exact) mass is 322 g/mol. The standard InChI is InChI=1S/C16H24N4O3/c1-19-13-14(4-5-15(19)12-18-22)16(21)17-6-3-7-20(2)8-10-23-11-9-20/h4-5,12-13H,3,6-11H2,1-2H3/p+2. The molecule has 0 unspecified atom stereocenters. The van der Waals surface area contributed by atoms with Gasteiger partial charge >= 0.3 is 0 Å². The molecule has 0 aromatic carbocycles. The molecule has 0 spiro atoms. The Hall–Kier alpha value is -1.99. The van der Waals surface area contributed by atoms with E-state index in [1.807, 2.05) is 0 Å². The molecule has 2 rings (SSSR count). The number of hydrogen-bond donors (Lipinski definition) is 2. The highest BCUT2D eigenvalue weighted by atomic mass is 16.5. The minimum absolute atomic E-state index is 0.0854. The van der Waals surface area contributed by atoms with Crippen molar-refractivity contribution in [2.24, 2.45) is 12.2 Å². The van der Waals surface area contributed by atoms with Crippen molar-refractivity contribution in [1.82, 2.24) is 5.32 Å². The van der Waals surface area contributed by atoms with Crippen molar-refractivity contribution in [2.75, 3.05) is 46.4 Å². The molecule has 1 amide bonds. The molecule has 1 aromatic heterocycles. The number of amides is 1. The second kappa shape index (κ2) is 8.03. The van der Waals surface area contributed by atoms with Crippen LogP contribution in [0.3, 0.4) is 0 Å². The topological polar surface area (TPSA) is 74.8 Å². The normalized spacial score (nSPS) is 17.3. The lowest BCUT2D eigenvalue weighted by Crippen LogP contribution is -2.52. The van der Waals surface area contributed by atoms with E-state index in [9.17, 15) is 4.79 Å². The molecule has 0 aliphatic carbocycles. The van der Waals surface area contributed by atoms with E-state index in [0.717, 1.165) is 43.8 Å². The highest BCUT2D eigenvalue weighted by molar-refractivity contribution is 5.93. The Morgan fingerprint density at radius 2 is 2.22 bits per heavy atom. The van der Waals surface area contributed by atoms with Gasteiger partial charge in [-0.2, -0.15) is 4.57 Å². The highest BCUT2D eigenvalue weighted by Crippen LogP contribution is 2.08. The molecule has 0 saturated carbocycles. The molecular weight excluding hydrogens is 296 g/mol. The Labute approximate surface area is 136 Å². The molecule has 1 aromatic rings. The van der Waals surface area contributed by atoms with Crippen LogP contribution >= 0.6 is 0 Å². The molecule has 23 heavy (non-hydrogen) atoms. The zero-order valence-corrected chi connectivity index (χ0v) is 13.9. The predicted molar refractivity (Wildman–Crippen MR) is 85.6 cm³/mol. The van der Waals surface area contributed by atoms with Gasteiger partial charge in [0.1, 0.15) is 31.9 Å². The van der Waals surface area contributed by atoms with Gasteiger partial charge in [0.2, 0.25) is 5.69 Å². The van der Waals surface area contributed by atoms with Crippen molar-refractivity contribution in [2.45, 2.75) is 6.42 Å². The van der Waals surface area contributed by atoms with E-state index in [1.165, 1.54) is 6.21 Å². The number of aromatic nitrogens is 1. The van der Waals surface area contributed by atoms with E-state index in [0.29, 0.717) is 17.8 Å². The second-order valence-corrected chi connectivity index (χ2v) is 6.21. The van der Waals surface area contributed by atoms with Gasteiger partial charge in [0, 0.05) is 19.0 Å². The van der Waals surface area contributed by atoms with Crippen LogP contribution in [0.15, 0.2) is 23.5 Å². The first-order valence-corrected chi connectivity index (χ1v) is 7.91. The van der Waals surface area contributed by atoms with Gasteiger partial charge in [0.25, 0.3) is 5.91 Å². The van der Waals surface area contributed by atoms with E-state index in [1.54, 1.807) is 29.9 Å². The number of hydrogen-bond acceptors (Lipinski definition) is 4. The number of oxime groups is 1. The quantitative estimate of drug-likeness (QED) is 0.192. The van der Waals surface area contributed by atoms with E-state index >= 15 is 0 Å². The molecule has 1 saturated heterocycles. The van der Waals surface area contributed by atoms with Crippen LogP contribution in [0.1, 0.15) is 22.5 Å². The SMILES string of the molecule is C[n+]1cc(C(=O)NCCC[N+]2(C)CCOCC2)ccc1/C=N/O. The van der Waals surface area contributed by atoms with Crippen LogP contribution in [-0.2, 0) is 11.8 Å². The van der Waals surface area contributed by atoms with Crippen molar-refractivity contribution in [1.29, 1.82) is 0 Å². The Balaban J connectivity index is 1.79. The maximum atomic E-state index is 12.2. The van der Waals surface area contributed by atoms with Crippen LogP contribution in [-0.4, -0.2) is 68.3 Å². The molecule has 7 nitrogen and oxygen atoms in total. The van der Waals surface area contributed by atoms with E-state index in [4.69, 9.17) is 9.94 Å². The number of nitrogens with one attached hydrogen (secondary N) is 1. The minimum Gasteiger partial charge on any atom is -0.411 e. The molecule has 0 bridgehead atoms. The average molecular weight is 322 g/mol. The summed E-state index contributed by atoms with van der Waals surface area (Å²) in [5.74, 6) is -0.0854. The number of morpholine rings is 1. The van der Waals surface area contributed by atoms with Crippen LogP contribution in [0.2, 0.25) is 0 Å². The first kappa shape index (κ1) is 17.4. The molecule has 126 valence electrons. The number of carbonyl (C=O) groups is 1. The largest absolute Gasteiger partial charge is 0.411 e. The lowest BCUT2D eigenvalue weighted by Gasteiger charge is -2.37. The van der Waals surface area contributed by atoms with Crippen LogP contribution in [0.5, 0.6) is 0 Å². The molecule has 1 fully saturated rings. The van der Waals surface area contributed by atoms with Gasteiger partial charge in [-0.1, -0.05) is 5.16 Å². The Morgan fingerprint density at radius 1 is 1.48 bits per heavy atom. The number of quaternary nitrogens is 1. The fourth-order valence-corrected chi connectivity index (χ4v) is 2.72. The summed E-state index contributed by atoms with van der Waals surface area (Å²) in [6.07, 6.45) is 4.00. The number of carbonyl (C=O) groups excluding carboxylic acids is 1. The van der Waals surface area contributed by atoms with Gasteiger partial charge in [-0.15, -0.1) is 0 Å². The maximum absolute atomic E-state index is 12.2. The Bertz CT molecular complexity index is 568. The number of nitrogens with zero attached hydrogens (tertiary/aromatic N) is 3. The van der Waals surface area contributed by atoms with Gasteiger partial charge in [-0.05, 0) is 6.07 Å². The highest BCUT2D eigenvalue weighted by Gasteiger charge is 2.24. The lowest BCUT2D eigenvalue weighted by molar-refractivity contribution is -0.916. The second-order valence-electron chi connectivity index (χ2n) is 6.21.